The second-order valence-electron chi connectivity index (χ2n) is 8.13. The molecule has 0 saturated heterocycles. The number of rotatable bonds is 10. The average Bonchev–Trinajstić information content (AvgIpc) is 3.36. The first-order valence-electron chi connectivity index (χ1n) is 11.4. The summed E-state index contributed by atoms with van der Waals surface area (Å²) in [6.07, 6.45) is 10.3. The van der Waals surface area contributed by atoms with Gasteiger partial charge in [0.15, 0.2) is 0 Å². The molecule has 3 rings (SSSR count). The first-order valence-corrected chi connectivity index (χ1v) is 12.3. The molecule has 2 aromatic heterocycles. The maximum atomic E-state index is 13.4. The Kier molecular flexibility index (Phi) is 9.22. The molecular weight excluding hydrogens is 424 g/mol. The van der Waals surface area contributed by atoms with E-state index in [1.165, 1.54) is 17.8 Å². The van der Waals surface area contributed by atoms with Gasteiger partial charge in [-0.15, -0.1) is 11.3 Å². The first-order chi connectivity index (χ1) is 15.6. The van der Waals surface area contributed by atoms with Crippen molar-refractivity contribution < 1.29 is 14.4 Å². The van der Waals surface area contributed by atoms with Crippen LogP contribution in [-0.4, -0.2) is 46.7 Å². The van der Waals surface area contributed by atoms with Crippen molar-refractivity contribution in [2.45, 2.75) is 64.0 Å². The normalized spacial score (nSPS) is 15.0. The predicted octanol–water partition coefficient (Wildman–Crippen LogP) is 3.69. The third-order valence-corrected chi connectivity index (χ3v) is 6.62. The summed E-state index contributed by atoms with van der Waals surface area (Å²) >= 11 is 1.32. The molecule has 1 aliphatic rings. The van der Waals surface area contributed by atoms with Crippen LogP contribution in [0.15, 0.2) is 42.0 Å². The molecule has 1 fully saturated rings. The second kappa shape index (κ2) is 12.3. The summed E-state index contributed by atoms with van der Waals surface area (Å²) in [5.74, 6) is -0.725. The average molecular weight is 457 g/mol. The third kappa shape index (κ3) is 6.63. The zero-order valence-electron chi connectivity index (χ0n) is 18.6. The summed E-state index contributed by atoms with van der Waals surface area (Å²) in [6.45, 7) is 2.33. The summed E-state index contributed by atoms with van der Waals surface area (Å²) in [7, 11) is 0. The Balaban J connectivity index is 1.78. The van der Waals surface area contributed by atoms with Crippen molar-refractivity contribution in [2.24, 2.45) is 0 Å². The molecule has 1 aliphatic carbocycles. The number of nitrogens with one attached hydrogen (secondary N) is 2. The molecule has 1 atom stereocenters. The van der Waals surface area contributed by atoms with Gasteiger partial charge in [-0.25, -0.2) is 0 Å². The van der Waals surface area contributed by atoms with E-state index in [2.05, 4.69) is 15.6 Å². The van der Waals surface area contributed by atoms with E-state index in [0.29, 0.717) is 11.4 Å². The van der Waals surface area contributed by atoms with Gasteiger partial charge in [0.05, 0.1) is 11.4 Å². The highest BCUT2D eigenvalue weighted by Gasteiger charge is 2.32. The van der Waals surface area contributed by atoms with Crippen LogP contribution in [0.1, 0.15) is 73.1 Å². The van der Waals surface area contributed by atoms with Crippen molar-refractivity contribution >= 4 is 29.1 Å². The van der Waals surface area contributed by atoms with Crippen molar-refractivity contribution in [2.75, 3.05) is 13.1 Å². The minimum atomic E-state index is -0.752. The number of hydrogen-bond donors (Lipinski definition) is 2. The maximum Gasteiger partial charge on any atom is 0.261 e. The lowest BCUT2D eigenvalue weighted by Crippen LogP contribution is -2.49. The first kappa shape index (κ1) is 23.9. The van der Waals surface area contributed by atoms with Crippen molar-refractivity contribution in [3.05, 3.63) is 52.5 Å². The number of aromatic nitrogens is 1. The van der Waals surface area contributed by atoms with E-state index in [1.54, 1.807) is 41.6 Å². The fourth-order valence-corrected chi connectivity index (χ4v) is 4.66. The monoisotopic (exact) mass is 456 g/mol. The van der Waals surface area contributed by atoms with E-state index in [0.717, 1.165) is 44.1 Å². The largest absolute Gasteiger partial charge is 0.351 e. The van der Waals surface area contributed by atoms with E-state index < -0.39 is 6.04 Å². The smallest absolute Gasteiger partial charge is 0.261 e. The zero-order valence-corrected chi connectivity index (χ0v) is 19.4. The van der Waals surface area contributed by atoms with Gasteiger partial charge in [-0.3, -0.25) is 19.4 Å². The Morgan fingerprint density at radius 3 is 2.56 bits per heavy atom. The molecule has 0 aliphatic heterocycles. The van der Waals surface area contributed by atoms with Crippen molar-refractivity contribution in [1.82, 2.24) is 20.5 Å². The highest BCUT2D eigenvalue weighted by atomic mass is 32.1. The van der Waals surface area contributed by atoms with Gasteiger partial charge >= 0.3 is 0 Å². The van der Waals surface area contributed by atoms with Gasteiger partial charge < -0.3 is 15.5 Å². The summed E-state index contributed by atoms with van der Waals surface area (Å²) in [5.41, 5.74) is 0.724. The third-order valence-electron chi connectivity index (χ3n) is 5.75. The SMILES string of the molecule is CCCCN(C(=O)CNC(=O)c1cccs1)C(C(=O)NC1CCCCC1)c1ccncc1. The summed E-state index contributed by atoms with van der Waals surface area (Å²) in [5, 5.41) is 7.70. The van der Waals surface area contributed by atoms with Gasteiger partial charge in [0.1, 0.15) is 6.04 Å². The highest BCUT2D eigenvalue weighted by molar-refractivity contribution is 7.12. The van der Waals surface area contributed by atoms with E-state index in [1.807, 2.05) is 12.3 Å². The van der Waals surface area contributed by atoms with Crippen LogP contribution in [-0.2, 0) is 9.59 Å². The van der Waals surface area contributed by atoms with Crippen molar-refractivity contribution in [3.8, 4) is 0 Å². The van der Waals surface area contributed by atoms with E-state index in [9.17, 15) is 14.4 Å². The lowest BCUT2D eigenvalue weighted by Gasteiger charge is -2.33. The molecular formula is C24H32N4O3S. The Bertz CT molecular complexity index is 867. The van der Waals surface area contributed by atoms with Gasteiger partial charge in [0.2, 0.25) is 11.8 Å². The molecule has 0 radical (unpaired) electrons. The Hall–Kier alpha value is -2.74. The highest BCUT2D eigenvalue weighted by Crippen LogP contribution is 2.24. The molecule has 8 heteroatoms. The number of pyridine rings is 1. The molecule has 0 spiro atoms. The standard InChI is InChI=1S/C24H32N4O3S/c1-2-3-15-28(21(29)17-26-23(30)20-10-7-16-32-20)22(18-11-13-25-14-12-18)24(31)27-19-8-5-4-6-9-19/h7,10-14,16,19,22H,2-6,8-9,15,17H2,1H3,(H,26,30)(H,27,31). The number of hydrogen-bond acceptors (Lipinski definition) is 5. The van der Waals surface area contributed by atoms with E-state index in [-0.39, 0.29) is 30.3 Å². The number of thiophene rings is 1. The van der Waals surface area contributed by atoms with Gasteiger partial charge in [0.25, 0.3) is 5.91 Å². The molecule has 2 N–H and O–H groups in total. The number of carbonyl (C=O) groups excluding carboxylic acids is 3. The fraction of sp³-hybridized carbons (Fsp3) is 0.500. The lowest BCUT2D eigenvalue weighted by molar-refractivity contribution is -0.140. The molecule has 172 valence electrons. The number of unbranched alkanes of at least 4 members (excludes halogenated alkanes) is 1. The van der Waals surface area contributed by atoms with Crippen LogP contribution in [0.2, 0.25) is 0 Å². The minimum Gasteiger partial charge on any atom is -0.351 e. The van der Waals surface area contributed by atoms with Gasteiger partial charge in [-0.1, -0.05) is 38.7 Å². The molecule has 1 unspecified atom stereocenters. The number of nitrogens with zero attached hydrogens (tertiary/aromatic N) is 2. The van der Waals surface area contributed by atoms with Crippen molar-refractivity contribution in [3.63, 3.8) is 0 Å². The molecule has 0 bridgehead atoms. The molecule has 32 heavy (non-hydrogen) atoms. The summed E-state index contributed by atoms with van der Waals surface area (Å²) < 4.78 is 0. The lowest BCUT2D eigenvalue weighted by atomic mass is 9.94. The Labute approximate surface area is 193 Å². The van der Waals surface area contributed by atoms with Crippen LogP contribution in [0, 0.1) is 0 Å². The van der Waals surface area contributed by atoms with Gasteiger partial charge in [-0.2, -0.15) is 0 Å². The quantitative estimate of drug-likeness (QED) is 0.570. The number of carbonyl (C=O) groups is 3. The molecule has 7 nitrogen and oxygen atoms in total. The minimum absolute atomic E-state index is 0.141. The van der Waals surface area contributed by atoms with Crippen LogP contribution in [0.4, 0.5) is 0 Å². The Morgan fingerprint density at radius 2 is 1.91 bits per heavy atom. The summed E-state index contributed by atoms with van der Waals surface area (Å²) in [4.78, 5) is 45.2. The molecule has 2 heterocycles. The van der Waals surface area contributed by atoms with E-state index >= 15 is 0 Å². The van der Waals surface area contributed by atoms with Crippen LogP contribution in [0.5, 0.6) is 0 Å². The molecule has 0 aromatic carbocycles. The molecule has 3 amide bonds. The zero-order chi connectivity index (χ0) is 22.8. The van der Waals surface area contributed by atoms with Crippen LogP contribution in [0.25, 0.3) is 0 Å². The molecule has 2 aromatic rings. The topological polar surface area (TPSA) is 91.4 Å². The predicted molar refractivity (Wildman–Crippen MR) is 125 cm³/mol. The summed E-state index contributed by atoms with van der Waals surface area (Å²) in [6, 6.07) is 6.46. The van der Waals surface area contributed by atoms with Crippen molar-refractivity contribution in [1.29, 1.82) is 0 Å². The maximum absolute atomic E-state index is 13.4. The van der Waals surface area contributed by atoms with Crippen LogP contribution < -0.4 is 10.6 Å². The molecule has 1 saturated carbocycles. The second-order valence-corrected chi connectivity index (χ2v) is 9.07. The van der Waals surface area contributed by atoms with Gasteiger partial charge in [0, 0.05) is 25.0 Å². The Morgan fingerprint density at radius 1 is 1.16 bits per heavy atom. The number of amides is 3. The van der Waals surface area contributed by atoms with E-state index in [4.69, 9.17) is 0 Å². The van der Waals surface area contributed by atoms with Crippen LogP contribution >= 0.6 is 11.3 Å². The van der Waals surface area contributed by atoms with Crippen LogP contribution in [0.3, 0.4) is 0 Å². The fourth-order valence-electron chi connectivity index (χ4n) is 4.02. The van der Waals surface area contributed by atoms with Gasteiger partial charge in [-0.05, 0) is 48.4 Å².